The van der Waals surface area contributed by atoms with Gasteiger partial charge in [0.2, 0.25) is 0 Å². The molecule has 5 nitrogen and oxygen atoms in total. The van der Waals surface area contributed by atoms with Crippen molar-refractivity contribution in [3.8, 4) is 0 Å². The monoisotopic (exact) mass is 317 g/mol. The topological polar surface area (TPSA) is 49.6 Å². The minimum absolute atomic E-state index is 0.246. The van der Waals surface area contributed by atoms with Gasteiger partial charge >= 0.3 is 0 Å². The molecular weight excluding hydrogens is 290 g/mol. The predicted molar refractivity (Wildman–Crippen MR) is 91.4 cm³/mol. The van der Waals surface area contributed by atoms with Gasteiger partial charge in [-0.15, -0.1) is 0 Å². The number of piperazine rings is 1. The highest BCUT2D eigenvalue weighted by molar-refractivity contribution is 5.39. The van der Waals surface area contributed by atoms with Crippen LogP contribution in [0.1, 0.15) is 38.2 Å². The van der Waals surface area contributed by atoms with Gasteiger partial charge in [-0.05, 0) is 18.8 Å². The molecule has 1 aromatic rings. The molecule has 2 atom stereocenters. The van der Waals surface area contributed by atoms with Gasteiger partial charge in [0.05, 0.1) is 4.92 Å². The van der Waals surface area contributed by atoms with E-state index in [9.17, 15) is 10.1 Å². The second-order valence-corrected chi connectivity index (χ2v) is 7.12. The lowest BCUT2D eigenvalue weighted by Crippen LogP contribution is -2.50. The molecule has 126 valence electrons. The minimum Gasteiger partial charge on any atom is -0.298 e. The standard InChI is InChI=1S/C18H27N3O2/c1-15-5-4-7-17(13-15)20-11-9-19(10-12-20)14-16-6-2-3-8-18(16)21(22)23/h2-3,6,8,15,17H,4-5,7,9-14H2,1H3/t15-,17+/m1/s1. The Morgan fingerprint density at radius 2 is 1.91 bits per heavy atom. The lowest BCUT2D eigenvalue weighted by atomic mass is 9.86. The summed E-state index contributed by atoms with van der Waals surface area (Å²) in [6.45, 7) is 7.27. The van der Waals surface area contributed by atoms with Gasteiger partial charge in [-0.25, -0.2) is 0 Å². The van der Waals surface area contributed by atoms with Crippen LogP contribution in [-0.4, -0.2) is 46.9 Å². The summed E-state index contributed by atoms with van der Waals surface area (Å²) >= 11 is 0. The molecule has 0 amide bonds. The molecule has 2 fully saturated rings. The van der Waals surface area contributed by atoms with Crippen LogP contribution in [-0.2, 0) is 6.54 Å². The van der Waals surface area contributed by atoms with Crippen LogP contribution < -0.4 is 0 Å². The van der Waals surface area contributed by atoms with E-state index in [4.69, 9.17) is 0 Å². The fraction of sp³-hybridized carbons (Fsp3) is 0.667. The van der Waals surface area contributed by atoms with E-state index < -0.39 is 0 Å². The van der Waals surface area contributed by atoms with Crippen molar-refractivity contribution in [3.05, 3.63) is 39.9 Å². The Hall–Kier alpha value is -1.46. The first kappa shape index (κ1) is 16.4. The maximum Gasteiger partial charge on any atom is 0.273 e. The summed E-state index contributed by atoms with van der Waals surface area (Å²) in [5, 5.41) is 11.1. The largest absolute Gasteiger partial charge is 0.298 e. The second kappa shape index (κ2) is 7.41. The first-order valence-electron chi connectivity index (χ1n) is 8.82. The molecule has 1 aliphatic carbocycles. The van der Waals surface area contributed by atoms with Gasteiger partial charge in [0, 0.05) is 50.4 Å². The van der Waals surface area contributed by atoms with Gasteiger partial charge in [0.1, 0.15) is 0 Å². The Labute approximate surface area is 138 Å². The van der Waals surface area contributed by atoms with E-state index in [-0.39, 0.29) is 10.6 Å². The minimum atomic E-state index is -0.269. The highest BCUT2D eigenvalue weighted by atomic mass is 16.6. The molecular formula is C18H27N3O2. The zero-order valence-corrected chi connectivity index (χ0v) is 14.0. The zero-order chi connectivity index (χ0) is 16.2. The summed E-state index contributed by atoms with van der Waals surface area (Å²) < 4.78 is 0. The van der Waals surface area contributed by atoms with Crippen molar-refractivity contribution in [2.75, 3.05) is 26.2 Å². The number of para-hydroxylation sites is 1. The van der Waals surface area contributed by atoms with Gasteiger partial charge in [-0.2, -0.15) is 0 Å². The van der Waals surface area contributed by atoms with Gasteiger partial charge in [0.15, 0.2) is 0 Å². The molecule has 0 radical (unpaired) electrons. The van der Waals surface area contributed by atoms with Crippen molar-refractivity contribution in [1.29, 1.82) is 0 Å². The van der Waals surface area contributed by atoms with E-state index in [0.717, 1.165) is 43.7 Å². The second-order valence-electron chi connectivity index (χ2n) is 7.12. The summed E-state index contributed by atoms with van der Waals surface area (Å²) in [5.41, 5.74) is 1.08. The van der Waals surface area contributed by atoms with Crippen LogP contribution in [0.5, 0.6) is 0 Å². The Morgan fingerprint density at radius 1 is 1.17 bits per heavy atom. The summed E-state index contributed by atoms with van der Waals surface area (Å²) in [6, 6.07) is 7.88. The third-order valence-corrected chi connectivity index (χ3v) is 5.41. The first-order chi connectivity index (χ1) is 11.1. The fourth-order valence-corrected chi connectivity index (χ4v) is 4.08. The maximum atomic E-state index is 11.1. The molecule has 3 rings (SSSR count). The normalized spacial score (nSPS) is 27.0. The van der Waals surface area contributed by atoms with E-state index in [2.05, 4.69) is 16.7 Å². The molecule has 0 unspecified atom stereocenters. The molecule has 1 saturated carbocycles. The Morgan fingerprint density at radius 3 is 2.61 bits per heavy atom. The van der Waals surface area contributed by atoms with Crippen molar-refractivity contribution >= 4 is 5.69 Å². The van der Waals surface area contributed by atoms with E-state index in [0.29, 0.717) is 6.54 Å². The van der Waals surface area contributed by atoms with Crippen LogP contribution >= 0.6 is 0 Å². The summed E-state index contributed by atoms with van der Waals surface area (Å²) in [7, 11) is 0. The molecule has 0 bridgehead atoms. The molecule has 0 N–H and O–H groups in total. The maximum absolute atomic E-state index is 11.1. The van der Waals surface area contributed by atoms with Crippen molar-refractivity contribution < 1.29 is 4.92 Å². The van der Waals surface area contributed by atoms with Crippen LogP contribution in [0.25, 0.3) is 0 Å². The van der Waals surface area contributed by atoms with Crippen molar-refractivity contribution in [3.63, 3.8) is 0 Å². The summed E-state index contributed by atoms with van der Waals surface area (Å²) in [5.74, 6) is 0.860. The van der Waals surface area contributed by atoms with E-state index in [1.165, 1.54) is 25.7 Å². The summed E-state index contributed by atoms with van der Waals surface area (Å²) in [6.07, 6.45) is 5.43. The smallest absolute Gasteiger partial charge is 0.273 e. The van der Waals surface area contributed by atoms with Gasteiger partial charge in [0.25, 0.3) is 5.69 Å². The van der Waals surface area contributed by atoms with Crippen LogP contribution in [0.4, 0.5) is 5.69 Å². The highest BCUT2D eigenvalue weighted by Crippen LogP contribution is 2.28. The average molecular weight is 317 g/mol. The Kier molecular flexibility index (Phi) is 5.28. The third-order valence-electron chi connectivity index (χ3n) is 5.41. The lowest BCUT2D eigenvalue weighted by Gasteiger charge is -2.42. The molecule has 23 heavy (non-hydrogen) atoms. The molecule has 1 heterocycles. The van der Waals surface area contributed by atoms with E-state index in [1.54, 1.807) is 12.1 Å². The van der Waals surface area contributed by atoms with E-state index >= 15 is 0 Å². The van der Waals surface area contributed by atoms with Crippen molar-refractivity contribution in [2.45, 2.75) is 45.2 Å². The fourth-order valence-electron chi connectivity index (χ4n) is 4.08. The molecule has 5 heteroatoms. The number of hydrogen-bond acceptors (Lipinski definition) is 4. The molecule has 0 aromatic heterocycles. The van der Waals surface area contributed by atoms with Crippen LogP contribution in [0, 0.1) is 16.0 Å². The molecule has 1 saturated heterocycles. The molecule has 1 aliphatic heterocycles. The Bertz CT molecular complexity index is 541. The molecule has 1 aromatic carbocycles. The van der Waals surface area contributed by atoms with E-state index in [1.807, 2.05) is 12.1 Å². The SMILES string of the molecule is C[C@@H]1CCC[C@H](N2CCN(Cc3ccccc3[N+](=O)[O-])CC2)C1. The Balaban J connectivity index is 1.54. The lowest BCUT2D eigenvalue weighted by molar-refractivity contribution is -0.385. The highest BCUT2D eigenvalue weighted by Gasteiger charge is 2.28. The third kappa shape index (κ3) is 4.09. The number of hydrogen-bond donors (Lipinski definition) is 0. The van der Waals surface area contributed by atoms with Gasteiger partial charge in [-0.3, -0.25) is 19.9 Å². The number of nitrogens with zero attached hydrogens (tertiary/aromatic N) is 3. The average Bonchev–Trinajstić information content (AvgIpc) is 2.56. The molecule has 0 spiro atoms. The zero-order valence-electron chi connectivity index (χ0n) is 14.0. The number of benzene rings is 1. The van der Waals surface area contributed by atoms with Crippen molar-refractivity contribution in [2.24, 2.45) is 5.92 Å². The van der Waals surface area contributed by atoms with Crippen molar-refractivity contribution in [1.82, 2.24) is 9.80 Å². The number of nitro groups is 1. The van der Waals surface area contributed by atoms with Gasteiger partial charge in [-0.1, -0.05) is 38.0 Å². The quantitative estimate of drug-likeness (QED) is 0.631. The first-order valence-corrected chi connectivity index (χ1v) is 8.82. The van der Waals surface area contributed by atoms with Crippen LogP contribution in [0.3, 0.4) is 0 Å². The van der Waals surface area contributed by atoms with Crippen LogP contribution in [0.15, 0.2) is 24.3 Å². The van der Waals surface area contributed by atoms with Gasteiger partial charge < -0.3 is 0 Å². The van der Waals surface area contributed by atoms with Crippen LogP contribution in [0.2, 0.25) is 0 Å². The number of rotatable bonds is 4. The number of nitro benzene ring substituents is 1. The molecule has 2 aliphatic rings. The summed E-state index contributed by atoms with van der Waals surface area (Å²) in [4.78, 5) is 15.9. The predicted octanol–water partition coefficient (Wildman–Crippen LogP) is 3.29.